The monoisotopic (exact) mass is 273 g/mol. The van der Waals surface area contributed by atoms with Crippen molar-refractivity contribution in [3.63, 3.8) is 0 Å². The van der Waals surface area contributed by atoms with Crippen LogP contribution in [0.2, 0.25) is 0 Å². The highest BCUT2D eigenvalue weighted by molar-refractivity contribution is 6.00. The van der Waals surface area contributed by atoms with Crippen LogP contribution in [-0.4, -0.2) is 45.2 Å². The van der Waals surface area contributed by atoms with Gasteiger partial charge in [-0.3, -0.25) is 0 Å². The van der Waals surface area contributed by atoms with Gasteiger partial charge in [-0.2, -0.15) is 0 Å². The molecule has 1 saturated heterocycles. The van der Waals surface area contributed by atoms with Gasteiger partial charge < -0.3 is 14.6 Å². The number of carboxylic acids is 1. The van der Waals surface area contributed by atoms with E-state index in [-0.39, 0.29) is 5.56 Å². The van der Waals surface area contributed by atoms with Gasteiger partial charge in [0.15, 0.2) is 0 Å². The second-order valence-corrected chi connectivity index (χ2v) is 5.32. The van der Waals surface area contributed by atoms with E-state index in [4.69, 9.17) is 0 Å². The smallest absolute Gasteiger partial charge is 0.337 e. The minimum Gasteiger partial charge on any atom is -0.478 e. The van der Waals surface area contributed by atoms with Gasteiger partial charge in [0.1, 0.15) is 5.52 Å². The van der Waals surface area contributed by atoms with Crippen molar-refractivity contribution in [1.82, 2.24) is 14.5 Å². The predicted octanol–water partition coefficient (Wildman–Crippen LogP) is 2.39. The van der Waals surface area contributed by atoms with Crippen molar-refractivity contribution in [2.75, 3.05) is 19.6 Å². The van der Waals surface area contributed by atoms with Crippen LogP contribution in [0.25, 0.3) is 11.0 Å². The van der Waals surface area contributed by atoms with Crippen LogP contribution in [0.3, 0.4) is 0 Å². The summed E-state index contributed by atoms with van der Waals surface area (Å²) < 4.78 is 2.14. The summed E-state index contributed by atoms with van der Waals surface area (Å²) in [5, 5.41) is 9.23. The number of imidazole rings is 1. The number of aromatic nitrogens is 2. The number of aromatic carboxylic acids is 1. The number of fused-ring (bicyclic) bond motifs is 1. The largest absolute Gasteiger partial charge is 0.478 e. The highest BCUT2D eigenvalue weighted by atomic mass is 16.4. The molecule has 1 aliphatic heterocycles. The molecule has 1 unspecified atom stereocenters. The normalized spacial score (nSPS) is 20.4. The Morgan fingerprint density at radius 1 is 1.50 bits per heavy atom. The standard InChI is InChI=1S/C15H19N3O2/c1-2-17-8-4-5-11(9-17)18-10-16-14-12(15(19)20)6-3-7-13(14)18/h3,6-7,10-11H,2,4-5,8-9H2,1H3,(H,19,20). The van der Waals surface area contributed by atoms with Gasteiger partial charge in [-0.15, -0.1) is 0 Å². The maximum absolute atomic E-state index is 11.2. The number of carbonyl (C=O) groups is 1. The van der Waals surface area contributed by atoms with Crippen molar-refractivity contribution >= 4 is 17.0 Å². The molecule has 1 N–H and O–H groups in total. The van der Waals surface area contributed by atoms with Crippen LogP contribution in [0.4, 0.5) is 0 Å². The van der Waals surface area contributed by atoms with E-state index < -0.39 is 5.97 Å². The Balaban J connectivity index is 2.00. The lowest BCUT2D eigenvalue weighted by atomic mass is 10.1. The minimum atomic E-state index is -0.917. The Hall–Kier alpha value is -1.88. The summed E-state index contributed by atoms with van der Waals surface area (Å²) in [5.74, 6) is -0.917. The van der Waals surface area contributed by atoms with Crippen LogP contribution in [-0.2, 0) is 0 Å². The third-order valence-corrected chi connectivity index (χ3v) is 4.16. The van der Waals surface area contributed by atoms with Crippen molar-refractivity contribution in [3.8, 4) is 0 Å². The van der Waals surface area contributed by atoms with Gasteiger partial charge in [0.25, 0.3) is 0 Å². The van der Waals surface area contributed by atoms with E-state index >= 15 is 0 Å². The molecule has 0 bridgehead atoms. The molecule has 1 aliphatic rings. The number of hydrogen-bond donors (Lipinski definition) is 1. The van der Waals surface area contributed by atoms with Crippen molar-refractivity contribution in [3.05, 3.63) is 30.1 Å². The fourth-order valence-corrected chi connectivity index (χ4v) is 3.07. The number of benzene rings is 1. The van der Waals surface area contributed by atoms with Crippen LogP contribution in [0, 0.1) is 0 Å². The average molecular weight is 273 g/mol. The van der Waals surface area contributed by atoms with E-state index in [0.29, 0.717) is 11.6 Å². The van der Waals surface area contributed by atoms with Crippen LogP contribution in [0.5, 0.6) is 0 Å². The first kappa shape index (κ1) is 13.1. The van der Waals surface area contributed by atoms with E-state index in [0.717, 1.165) is 31.6 Å². The molecule has 0 saturated carbocycles. The summed E-state index contributed by atoms with van der Waals surface area (Å²) in [6.45, 7) is 5.40. The van der Waals surface area contributed by atoms with E-state index in [9.17, 15) is 9.90 Å². The molecule has 1 atom stereocenters. The second-order valence-electron chi connectivity index (χ2n) is 5.32. The SMILES string of the molecule is CCN1CCCC(n2cnc3c(C(=O)O)cccc32)C1. The molecule has 0 spiro atoms. The van der Waals surface area contributed by atoms with Gasteiger partial charge >= 0.3 is 5.97 Å². The van der Waals surface area contributed by atoms with Gasteiger partial charge in [-0.05, 0) is 38.1 Å². The van der Waals surface area contributed by atoms with Gasteiger partial charge in [-0.1, -0.05) is 13.0 Å². The molecular weight excluding hydrogens is 254 g/mol. The molecule has 2 heterocycles. The summed E-state index contributed by atoms with van der Waals surface area (Å²) in [4.78, 5) is 18.0. The Kier molecular flexibility index (Phi) is 3.44. The van der Waals surface area contributed by atoms with Gasteiger partial charge in [-0.25, -0.2) is 9.78 Å². The van der Waals surface area contributed by atoms with Crippen molar-refractivity contribution < 1.29 is 9.90 Å². The molecule has 0 aliphatic carbocycles. The summed E-state index contributed by atoms with van der Waals surface area (Å²) in [6.07, 6.45) is 4.09. The molecule has 5 heteroatoms. The molecule has 1 aromatic heterocycles. The van der Waals surface area contributed by atoms with Crippen LogP contribution >= 0.6 is 0 Å². The lowest BCUT2D eigenvalue weighted by Crippen LogP contribution is -2.36. The zero-order valence-electron chi connectivity index (χ0n) is 11.6. The topological polar surface area (TPSA) is 58.4 Å². The number of carboxylic acid groups (broad SMARTS) is 1. The summed E-state index contributed by atoms with van der Waals surface area (Å²) in [5.41, 5.74) is 1.80. The number of para-hydroxylation sites is 1. The first-order valence-corrected chi connectivity index (χ1v) is 7.12. The Labute approximate surface area is 117 Å². The zero-order chi connectivity index (χ0) is 14.1. The van der Waals surface area contributed by atoms with Gasteiger partial charge in [0, 0.05) is 12.6 Å². The number of hydrogen-bond acceptors (Lipinski definition) is 3. The van der Waals surface area contributed by atoms with Crippen LogP contribution in [0.15, 0.2) is 24.5 Å². The van der Waals surface area contributed by atoms with Gasteiger partial charge in [0.05, 0.1) is 17.4 Å². The maximum atomic E-state index is 11.2. The molecule has 1 aromatic carbocycles. The maximum Gasteiger partial charge on any atom is 0.337 e. The molecule has 106 valence electrons. The van der Waals surface area contributed by atoms with E-state index in [1.54, 1.807) is 18.5 Å². The first-order valence-electron chi connectivity index (χ1n) is 7.12. The second kappa shape index (κ2) is 5.25. The Morgan fingerprint density at radius 3 is 3.10 bits per heavy atom. The highest BCUT2D eigenvalue weighted by Crippen LogP contribution is 2.26. The molecule has 5 nitrogen and oxygen atoms in total. The quantitative estimate of drug-likeness (QED) is 0.933. The lowest BCUT2D eigenvalue weighted by molar-refractivity contribution is 0.0699. The molecule has 2 aromatic rings. The molecular formula is C15H19N3O2. The predicted molar refractivity (Wildman–Crippen MR) is 77.1 cm³/mol. The van der Waals surface area contributed by atoms with Crippen molar-refractivity contribution in [2.24, 2.45) is 0 Å². The van der Waals surface area contributed by atoms with Crippen LogP contribution < -0.4 is 0 Å². The molecule has 0 radical (unpaired) electrons. The molecule has 1 fully saturated rings. The van der Waals surface area contributed by atoms with E-state index in [1.807, 2.05) is 6.07 Å². The molecule has 0 amide bonds. The first-order chi connectivity index (χ1) is 9.70. The van der Waals surface area contributed by atoms with Crippen molar-refractivity contribution in [2.45, 2.75) is 25.8 Å². The average Bonchev–Trinajstić information content (AvgIpc) is 2.91. The third kappa shape index (κ3) is 2.18. The fraction of sp³-hybridized carbons (Fsp3) is 0.467. The van der Waals surface area contributed by atoms with E-state index in [1.165, 1.54) is 6.42 Å². The zero-order valence-corrected chi connectivity index (χ0v) is 11.6. The Morgan fingerprint density at radius 2 is 2.35 bits per heavy atom. The highest BCUT2D eigenvalue weighted by Gasteiger charge is 2.22. The number of nitrogens with zero attached hydrogens (tertiary/aromatic N) is 3. The molecule has 3 rings (SSSR count). The summed E-state index contributed by atoms with van der Waals surface area (Å²) >= 11 is 0. The lowest BCUT2D eigenvalue weighted by Gasteiger charge is -2.32. The third-order valence-electron chi connectivity index (χ3n) is 4.16. The van der Waals surface area contributed by atoms with Crippen molar-refractivity contribution in [1.29, 1.82) is 0 Å². The van der Waals surface area contributed by atoms with Gasteiger partial charge in [0.2, 0.25) is 0 Å². The minimum absolute atomic E-state index is 0.282. The fourth-order valence-electron chi connectivity index (χ4n) is 3.07. The molecule has 20 heavy (non-hydrogen) atoms. The Bertz CT molecular complexity index is 635. The van der Waals surface area contributed by atoms with Crippen LogP contribution in [0.1, 0.15) is 36.2 Å². The number of likely N-dealkylation sites (tertiary alicyclic amines) is 1. The number of piperidine rings is 1. The summed E-state index contributed by atoms with van der Waals surface area (Å²) in [7, 11) is 0. The summed E-state index contributed by atoms with van der Waals surface area (Å²) in [6, 6.07) is 5.75. The number of likely N-dealkylation sites (N-methyl/N-ethyl adjacent to an activating group) is 1. The number of rotatable bonds is 3. The van der Waals surface area contributed by atoms with E-state index in [2.05, 4.69) is 21.4 Å².